The Morgan fingerprint density at radius 2 is 1.86 bits per heavy atom. The minimum atomic E-state index is -0.661. The van der Waals surface area contributed by atoms with Gasteiger partial charge in [0.1, 0.15) is 0 Å². The zero-order chi connectivity index (χ0) is 25.1. The Bertz CT molecular complexity index is 1150. The number of hydrogen-bond donors (Lipinski definition) is 1. The van der Waals surface area contributed by atoms with Gasteiger partial charge in [-0.2, -0.15) is 10.1 Å². The molecule has 1 fully saturated rings. The van der Waals surface area contributed by atoms with E-state index in [1.165, 1.54) is 22.4 Å². The first-order chi connectivity index (χ1) is 16.7. The lowest BCUT2D eigenvalue weighted by atomic mass is 9.94. The number of likely N-dealkylation sites (tertiary alicyclic amines) is 1. The fraction of sp³-hybridized carbons (Fsp3) is 0.556. The van der Waals surface area contributed by atoms with Crippen LogP contribution >= 0.6 is 0 Å². The van der Waals surface area contributed by atoms with Crippen LogP contribution in [0.2, 0.25) is 0 Å². The highest BCUT2D eigenvalue weighted by Crippen LogP contribution is 2.27. The highest BCUT2D eigenvalue weighted by Gasteiger charge is 2.24. The van der Waals surface area contributed by atoms with Gasteiger partial charge in [0.15, 0.2) is 5.69 Å². The van der Waals surface area contributed by atoms with Crippen molar-refractivity contribution >= 4 is 5.97 Å². The number of carbonyl (C=O) groups is 1. The minimum Gasteiger partial charge on any atom is -0.481 e. The van der Waals surface area contributed by atoms with E-state index in [2.05, 4.69) is 73.0 Å². The highest BCUT2D eigenvalue weighted by molar-refractivity contribution is 5.70. The number of aliphatic carboxylic acids is 1. The van der Waals surface area contributed by atoms with Gasteiger partial charge in [-0.15, -0.1) is 0 Å². The lowest BCUT2D eigenvalue weighted by molar-refractivity contribution is -0.143. The van der Waals surface area contributed by atoms with E-state index >= 15 is 0 Å². The van der Waals surface area contributed by atoms with Crippen molar-refractivity contribution in [3.63, 3.8) is 0 Å². The van der Waals surface area contributed by atoms with Crippen molar-refractivity contribution in [1.82, 2.24) is 24.8 Å². The first kappa shape index (κ1) is 25.1. The highest BCUT2D eigenvalue weighted by atomic mass is 16.5. The van der Waals surface area contributed by atoms with E-state index in [1.807, 2.05) is 4.68 Å². The van der Waals surface area contributed by atoms with Crippen LogP contribution in [-0.2, 0) is 24.2 Å². The van der Waals surface area contributed by atoms with Gasteiger partial charge in [0.05, 0.1) is 5.92 Å². The topological polar surface area (TPSA) is 97.3 Å². The summed E-state index contributed by atoms with van der Waals surface area (Å²) in [7, 11) is 0. The second-order valence-corrected chi connectivity index (χ2v) is 10.2. The molecular weight excluding hydrogens is 442 g/mol. The molecule has 35 heavy (non-hydrogen) atoms. The predicted molar refractivity (Wildman–Crippen MR) is 135 cm³/mol. The number of piperidine rings is 1. The summed E-state index contributed by atoms with van der Waals surface area (Å²) in [4.78, 5) is 18.2. The van der Waals surface area contributed by atoms with Gasteiger partial charge >= 0.3 is 5.97 Å². The molecule has 1 N–H and O–H groups in total. The van der Waals surface area contributed by atoms with Crippen LogP contribution in [0.1, 0.15) is 56.0 Å². The summed E-state index contributed by atoms with van der Waals surface area (Å²) in [5.41, 5.74) is 6.59. The molecule has 8 nitrogen and oxygen atoms in total. The lowest BCUT2D eigenvalue weighted by Gasteiger charge is -2.30. The molecule has 3 aromatic rings. The van der Waals surface area contributed by atoms with Gasteiger partial charge in [0.25, 0.3) is 5.89 Å². The largest absolute Gasteiger partial charge is 0.481 e. The van der Waals surface area contributed by atoms with Crippen molar-refractivity contribution in [2.75, 3.05) is 19.6 Å². The molecule has 188 valence electrons. The summed E-state index contributed by atoms with van der Waals surface area (Å²) in [5, 5.41) is 18.1. The average Bonchev–Trinajstić information content (AvgIpc) is 3.45. The van der Waals surface area contributed by atoms with Crippen molar-refractivity contribution in [3.05, 3.63) is 40.6 Å². The van der Waals surface area contributed by atoms with E-state index in [4.69, 9.17) is 4.52 Å². The maximum Gasteiger partial charge on any atom is 0.306 e. The molecule has 3 heterocycles. The second kappa shape index (κ2) is 10.7. The van der Waals surface area contributed by atoms with Crippen molar-refractivity contribution in [1.29, 1.82) is 0 Å². The van der Waals surface area contributed by atoms with Gasteiger partial charge < -0.3 is 14.5 Å². The Balaban J connectivity index is 1.46. The third-order valence-corrected chi connectivity index (χ3v) is 6.99. The zero-order valence-corrected chi connectivity index (χ0v) is 21.5. The van der Waals surface area contributed by atoms with Crippen LogP contribution in [0, 0.1) is 25.7 Å². The Morgan fingerprint density at radius 3 is 2.46 bits per heavy atom. The Labute approximate surface area is 207 Å². The molecule has 4 rings (SSSR count). The van der Waals surface area contributed by atoms with Gasteiger partial charge in [-0.05, 0) is 100 Å². The molecule has 1 saturated heterocycles. The molecule has 2 aromatic heterocycles. The van der Waals surface area contributed by atoms with Crippen LogP contribution in [-0.4, -0.2) is 55.5 Å². The van der Waals surface area contributed by atoms with Crippen LogP contribution in [0.15, 0.2) is 22.7 Å². The number of hydrogen-bond acceptors (Lipinski definition) is 6. The Hall–Kier alpha value is -3.00. The number of carboxylic acid groups (broad SMARTS) is 1. The molecule has 0 amide bonds. The Kier molecular flexibility index (Phi) is 7.69. The first-order valence-electron chi connectivity index (χ1n) is 12.7. The van der Waals surface area contributed by atoms with Crippen molar-refractivity contribution in [3.8, 4) is 23.0 Å². The van der Waals surface area contributed by atoms with E-state index in [9.17, 15) is 9.90 Å². The van der Waals surface area contributed by atoms with Crippen LogP contribution in [0.25, 0.3) is 23.0 Å². The quantitative estimate of drug-likeness (QED) is 0.472. The van der Waals surface area contributed by atoms with Gasteiger partial charge in [0, 0.05) is 24.3 Å². The number of aryl methyl sites for hydroxylation is 3. The smallest absolute Gasteiger partial charge is 0.306 e. The number of nitrogens with zero attached hydrogens (tertiary/aromatic N) is 5. The molecule has 1 aliphatic rings. The van der Waals surface area contributed by atoms with Crippen molar-refractivity contribution < 1.29 is 14.4 Å². The van der Waals surface area contributed by atoms with Gasteiger partial charge in [-0.3, -0.25) is 9.48 Å². The van der Waals surface area contributed by atoms with Gasteiger partial charge in [-0.25, -0.2) is 0 Å². The minimum absolute atomic E-state index is 0.189. The summed E-state index contributed by atoms with van der Waals surface area (Å²) < 4.78 is 7.61. The second-order valence-electron chi connectivity index (χ2n) is 10.2. The number of aromatic nitrogens is 4. The first-order valence-corrected chi connectivity index (χ1v) is 12.7. The molecule has 0 spiro atoms. The van der Waals surface area contributed by atoms with Crippen LogP contribution in [0.4, 0.5) is 0 Å². The molecule has 0 unspecified atom stereocenters. The van der Waals surface area contributed by atoms with Crippen LogP contribution in [0.5, 0.6) is 0 Å². The molecule has 0 saturated carbocycles. The van der Waals surface area contributed by atoms with E-state index in [-0.39, 0.29) is 5.92 Å². The fourth-order valence-electron chi connectivity index (χ4n) is 5.05. The molecular formula is C27H37N5O3. The summed E-state index contributed by atoms with van der Waals surface area (Å²) in [6.45, 7) is 14.2. The number of benzene rings is 1. The van der Waals surface area contributed by atoms with Crippen molar-refractivity contribution in [2.24, 2.45) is 11.8 Å². The summed E-state index contributed by atoms with van der Waals surface area (Å²) >= 11 is 0. The maximum absolute atomic E-state index is 11.2. The standard InChI is InChI=1S/C27H37N5O3/c1-6-32-22(13-17(2)3)16-24(29-32)26-28-25(30-35-26)21-14-18(4)23(19(5)15-21)9-12-31-10-7-20(8-11-31)27(33)34/h14-17,20H,6-13H2,1-5H3,(H,33,34). The van der Waals surface area contributed by atoms with E-state index in [1.54, 1.807) is 0 Å². The van der Waals surface area contributed by atoms with E-state index in [0.29, 0.717) is 17.6 Å². The zero-order valence-electron chi connectivity index (χ0n) is 21.5. The monoisotopic (exact) mass is 479 g/mol. The van der Waals surface area contributed by atoms with E-state index < -0.39 is 5.97 Å². The number of rotatable bonds is 9. The third-order valence-electron chi connectivity index (χ3n) is 6.99. The molecule has 1 aliphatic heterocycles. The third kappa shape index (κ3) is 5.81. The fourth-order valence-corrected chi connectivity index (χ4v) is 5.05. The normalized spacial score (nSPS) is 15.3. The molecule has 0 radical (unpaired) electrons. The van der Waals surface area contributed by atoms with E-state index in [0.717, 1.165) is 63.1 Å². The summed E-state index contributed by atoms with van der Waals surface area (Å²) in [6.07, 6.45) is 3.38. The molecule has 0 atom stereocenters. The lowest BCUT2D eigenvalue weighted by Crippen LogP contribution is -2.37. The number of carboxylic acids is 1. The Morgan fingerprint density at radius 1 is 1.17 bits per heavy atom. The molecule has 0 aliphatic carbocycles. The van der Waals surface area contributed by atoms with Gasteiger partial charge in [0.2, 0.25) is 5.82 Å². The molecule has 1 aromatic carbocycles. The average molecular weight is 480 g/mol. The SMILES string of the molecule is CCn1nc(-c2nc(-c3cc(C)c(CCN4CCC(C(=O)O)CC4)c(C)c3)no2)cc1CC(C)C. The van der Waals surface area contributed by atoms with Crippen LogP contribution in [0.3, 0.4) is 0 Å². The summed E-state index contributed by atoms with van der Waals surface area (Å²) in [6, 6.07) is 6.31. The predicted octanol–water partition coefficient (Wildman–Crippen LogP) is 4.77. The van der Waals surface area contributed by atoms with Crippen LogP contribution < -0.4 is 0 Å². The molecule has 0 bridgehead atoms. The maximum atomic E-state index is 11.2. The van der Waals surface area contributed by atoms with Gasteiger partial charge in [-0.1, -0.05) is 19.0 Å². The van der Waals surface area contributed by atoms with Crippen molar-refractivity contribution in [2.45, 2.75) is 66.8 Å². The molecule has 8 heteroatoms. The summed E-state index contributed by atoms with van der Waals surface area (Å²) in [5.74, 6) is 0.716.